The second-order valence-electron chi connectivity index (χ2n) is 6.59. The fourth-order valence-corrected chi connectivity index (χ4v) is 2.99. The summed E-state index contributed by atoms with van der Waals surface area (Å²) in [6.07, 6.45) is 4.09. The van der Waals surface area contributed by atoms with Crippen LogP contribution in [0.5, 0.6) is 5.75 Å². The largest absolute Gasteiger partial charge is 0.465 e. The van der Waals surface area contributed by atoms with E-state index in [1.54, 1.807) is 19.6 Å². The smallest absolute Gasteiger partial charge is 0.188 e. The first-order chi connectivity index (χ1) is 11.7. The first kappa shape index (κ1) is 21.5. The fourth-order valence-electron chi connectivity index (χ4n) is 2.03. The van der Waals surface area contributed by atoms with Crippen molar-refractivity contribution in [2.24, 2.45) is 0 Å². The summed E-state index contributed by atoms with van der Waals surface area (Å²) in [5.41, 5.74) is 3.01. The van der Waals surface area contributed by atoms with Gasteiger partial charge in [0.15, 0.2) is 18.8 Å². The molecule has 0 spiro atoms. The van der Waals surface area contributed by atoms with Crippen LogP contribution < -0.4 is 4.74 Å². The third-order valence-corrected chi connectivity index (χ3v) is 4.26. The van der Waals surface area contributed by atoms with Gasteiger partial charge in [0.25, 0.3) is 0 Å². The number of carbonyl (C=O) groups excluding carboxylic acids is 1. The third kappa shape index (κ3) is 6.72. The molecule has 0 amide bonds. The highest BCUT2D eigenvalue weighted by molar-refractivity contribution is 7.83. The van der Waals surface area contributed by atoms with Crippen LogP contribution >= 0.6 is 11.3 Å². The monoisotopic (exact) mass is 382 g/mol. The van der Waals surface area contributed by atoms with Crippen LogP contribution in [0.1, 0.15) is 36.7 Å². The van der Waals surface area contributed by atoms with Gasteiger partial charge in [0.05, 0.1) is 10.4 Å². The molecule has 0 N–H and O–H groups in total. The Hall–Kier alpha value is -1.50. The van der Waals surface area contributed by atoms with E-state index in [0.717, 1.165) is 16.7 Å². The summed E-state index contributed by atoms with van der Waals surface area (Å²) in [6, 6.07) is 8.38. The molecule has 2 rings (SSSR count). The van der Waals surface area contributed by atoms with Crippen LogP contribution in [0.25, 0.3) is 10.4 Å². The van der Waals surface area contributed by atoms with Gasteiger partial charge in [0.1, 0.15) is 0 Å². The van der Waals surface area contributed by atoms with Crippen molar-refractivity contribution < 1.29 is 18.5 Å². The molecule has 25 heavy (non-hydrogen) atoms. The molecular weight excluding hydrogens is 356 g/mol. The highest BCUT2D eigenvalue weighted by atomic mass is 32.2. The van der Waals surface area contributed by atoms with Gasteiger partial charge in [0, 0.05) is 35.8 Å². The van der Waals surface area contributed by atoms with Crippen molar-refractivity contribution in [2.45, 2.75) is 26.2 Å². The molecule has 0 aliphatic heterocycles. The molecule has 1 aromatic carbocycles. The van der Waals surface area contributed by atoms with E-state index in [2.05, 4.69) is 45.0 Å². The van der Waals surface area contributed by atoms with Gasteiger partial charge in [-0.05, 0) is 16.5 Å². The minimum Gasteiger partial charge on any atom is -0.465 e. The van der Waals surface area contributed by atoms with Crippen molar-refractivity contribution in [3.8, 4) is 16.2 Å². The number of thiophene rings is 1. The molecule has 0 saturated carbocycles. The van der Waals surface area contributed by atoms with Gasteiger partial charge >= 0.3 is 0 Å². The van der Waals surface area contributed by atoms with E-state index < -0.39 is 10.8 Å². The first-order valence-electron chi connectivity index (χ1n) is 7.75. The number of hydrogen-bond donors (Lipinski definition) is 0. The SMILES string of the molecule is COCOc1c(C=O)csc1-c1ccc(C(C)(C)C)cc1.CS(C)=O. The number of methoxy groups -OCH3 is 1. The second kappa shape index (κ2) is 9.85. The van der Waals surface area contributed by atoms with Gasteiger partial charge in [-0.15, -0.1) is 11.3 Å². The molecule has 0 bridgehead atoms. The minimum atomic E-state index is -0.611. The Labute approximate surface area is 156 Å². The van der Waals surface area contributed by atoms with Gasteiger partial charge in [0.2, 0.25) is 0 Å². The Morgan fingerprint density at radius 3 is 2.16 bits per heavy atom. The fraction of sp³-hybridized carbons (Fsp3) is 0.421. The average Bonchev–Trinajstić information content (AvgIpc) is 2.94. The van der Waals surface area contributed by atoms with E-state index in [4.69, 9.17) is 9.47 Å². The molecule has 0 unspecified atom stereocenters. The molecule has 0 fully saturated rings. The summed E-state index contributed by atoms with van der Waals surface area (Å²) in [4.78, 5) is 12.1. The number of ether oxygens (including phenoxy) is 2. The second-order valence-corrected chi connectivity index (χ2v) is 8.95. The maximum absolute atomic E-state index is 11.1. The van der Waals surface area contributed by atoms with Crippen LogP contribution in [0.4, 0.5) is 0 Å². The number of aldehydes is 1. The van der Waals surface area contributed by atoms with Gasteiger partial charge in [-0.3, -0.25) is 9.00 Å². The zero-order valence-electron chi connectivity index (χ0n) is 15.6. The van der Waals surface area contributed by atoms with Crippen LogP contribution in [0.2, 0.25) is 0 Å². The molecule has 6 heteroatoms. The van der Waals surface area contributed by atoms with E-state index in [1.165, 1.54) is 16.9 Å². The molecule has 0 radical (unpaired) electrons. The van der Waals surface area contributed by atoms with Gasteiger partial charge < -0.3 is 9.47 Å². The molecule has 2 aromatic rings. The van der Waals surface area contributed by atoms with Crippen LogP contribution in [-0.2, 0) is 21.0 Å². The normalized spacial score (nSPS) is 11.0. The molecule has 1 heterocycles. The summed E-state index contributed by atoms with van der Waals surface area (Å²) >= 11 is 1.51. The molecule has 0 aliphatic carbocycles. The lowest BCUT2D eigenvalue weighted by Gasteiger charge is -2.19. The predicted octanol–water partition coefficient (Wildman–Crippen LogP) is 4.50. The molecule has 1 aromatic heterocycles. The summed E-state index contributed by atoms with van der Waals surface area (Å²) in [5, 5.41) is 1.81. The van der Waals surface area contributed by atoms with E-state index in [1.807, 2.05) is 5.38 Å². The Morgan fingerprint density at radius 1 is 1.16 bits per heavy atom. The van der Waals surface area contributed by atoms with Crippen molar-refractivity contribution in [1.29, 1.82) is 0 Å². The maximum Gasteiger partial charge on any atom is 0.188 e. The Kier molecular flexibility index (Phi) is 8.48. The van der Waals surface area contributed by atoms with Crippen molar-refractivity contribution in [3.63, 3.8) is 0 Å². The minimum absolute atomic E-state index is 0.122. The lowest BCUT2D eigenvalue weighted by Crippen LogP contribution is -2.10. The Balaban J connectivity index is 0.000000705. The van der Waals surface area contributed by atoms with E-state index in [-0.39, 0.29) is 12.2 Å². The van der Waals surface area contributed by atoms with Crippen LogP contribution in [0, 0.1) is 0 Å². The van der Waals surface area contributed by atoms with Crippen molar-refractivity contribution >= 4 is 28.4 Å². The standard InChI is InChI=1S/C17H20O3S.C2H6OS/c1-17(2,3)14-7-5-12(6-8-14)16-15(20-11-19-4)13(9-18)10-21-16;1-4(2)3/h5-10H,11H2,1-4H3;1-2H3. The number of benzene rings is 1. The molecule has 0 saturated heterocycles. The van der Waals surface area contributed by atoms with Crippen molar-refractivity contribution in [3.05, 3.63) is 40.8 Å². The highest BCUT2D eigenvalue weighted by Crippen LogP contribution is 2.39. The topological polar surface area (TPSA) is 52.6 Å². The van der Waals surface area contributed by atoms with E-state index in [0.29, 0.717) is 11.3 Å². The molecule has 138 valence electrons. The van der Waals surface area contributed by atoms with Gasteiger partial charge in [-0.25, -0.2) is 0 Å². The highest BCUT2D eigenvalue weighted by Gasteiger charge is 2.17. The number of carbonyl (C=O) groups is 1. The predicted molar refractivity (Wildman–Crippen MR) is 106 cm³/mol. The maximum atomic E-state index is 11.1. The van der Waals surface area contributed by atoms with Crippen molar-refractivity contribution in [2.75, 3.05) is 26.4 Å². The number of rotatable bonds is 5. The van der Waals surface area contributed by atoms with Gasteiger partial charge in [-0.2, -0.15) is 0 Å². The van der Waals surface area contributed by atoms with E-state index in [9.17, 15) is 9.00 Å². The lowest BCUT2D eigenvalue weighted by molar-refractivity contribution is 0.0512. The van der Waals surface area contributed by atoms with Gasteiger partial charge in [-0.1, -0.05) is 45.0 Å². The summed E-state index contributed by atoms with van der Waals surface area (Å²) < 4.78 is 20.0. The van der Waals surface area contributed by atoms with Crippen molar-refractivity contribution in [1.82, 2.24) is 0 Å². The van der Waals surface area contributed by atoms with E-state index >= 15 is 0 Å². The molecule has 0 aliphatic rings. The summed E-state index contributed by atoms with van der Waals surface area (Å²) in [5.74, 6) is 0.598. The Morgan fingerprint density at radius 2 is 1.72 bits per heavy atom. The number of hydrogen-bond acceptors (Lipinski definition) is 5. The van der Waals surface area contributed by atoms with Crippen LogP contribution in [-0.4, -0.2) is 36.9 Å². The Bertz CT molecular complexity index is 693. The zero-order valence-corrected chi connectivity index (χ0v) is 17.3. The third-order valence-electron chi connectivity index (χ3n) is 3.23. The molecule has 4 nitrogen and oxygen atoms in total. The quantitative estimate of drug-likeness (QED) is 0.564. The average molecular weight is 383 g/mol. The summed E-state index contributed by atoms with van der Waals surface area (Å²) in [7, 11) is 0.949. The molecular formula is C19H26O4S2. The van der Waals surface area contributed by atoms with Crippen LogP contribution in [0.3, 0.4) is 0 Å². The zero-order chi connectivity index (χ0) is 19.0. The first-order valence-corrected chi connectivity index (χ1v) is 10.6. The van der Waals surface area contributed by atoms with Crippen LogP contribution in [0.15, 0.2) is 29.6 Å². The lowest BCUT2D eigenvalue weighted by atomic mass is 9.86. The summed E-state index contributed by atoms with van der Waals surface area (Å²) in [6.45, 7) is 6.69. The molecule has 0 atom stereocenters.